The summed E-state index contributed by atoms with van der Waals surface area (Å²) >= 11 is 0. The zero-order chi connectivity index (χ0) is 15.9. The molecule has 1 heterocycles. The smallest absolute Gasteiger partial charge is 0.146 e. The van der Waals surface area contributed by atoms with E-state index in [1.54, 1.807) is 6.20 Å². The molecule has 0 bridgehead atoms. The lowest BCUT2D eigenvalue weighted by atomic mass is 9.79. The molecule has 0 radical (unpaired) electrons. The van der Waals surface area contributed by atoms with Gasteiger partial charge in [-0.25, -0.2) is 4.39 Å². The Morgan fingerprint density at radius 3 is 2.24 bits per heavy atom. The first-order chi connectivity index (χ1) is 10.1. The first-order valence-electron chi connectivity index (χ1n) is 8.18. The fourth-order valence-electron chi connectivity index (χ4n) is 3.56. The van der Waals surface area contributed by atoms with Gasteiger partial charge in [-0.05, 0) is 38.5 Å². The summed E-state index contributed by atoms with van der Waals surface area (Å²) < 4.78 is 14.3. The minimum Gasteiger partial charge on any atom is -0.309 e. The van der Waals surface area contributed by atoms with E-state index in [1.165, 1.54) is 6.20 Å². The van der Waals surface area contributed by atoms with Crippen LogP contribution in [0.2, 0.25) is 0 Å². The Balaban J connectivity index is 3.36. The molecule has 0 saturated carbocycles. The zero-order valence-electron chi connectivity index (χ0n) is 14.1. The van der Waals surface area contributed by atoms with Crippen LogP contribution in [-0.2, 0) is 0 Å². The van der Waals surface area contributed by atoms with Crippen molar-refractivity contribution < 1.29 is 4.39 Å². The molecule has 1 rings (SSSR count). The second kappa shape index (κ2) is 8.44. The van der Waals surface area contributed by atoms with E-state index in [-0.39, 0.29) is 17.4 Å². The number of hydrogen-bond acceptors (Lipinski definition) is 3. The Labute approximate surface area is 129 Å². The summed E-state index contributed by atoms with van der Waals surface area (Å²) in [5, 5.41) is 3.52. The number of likely N-dealkylation sites (N-methyl/N-ethyl adjacent to an activating group) is 2. The van der Waals surface area contributed by atoms with Crippen LogP contribution in [0.3, 0.4) is 0 Å². The molecule has 0 amide bonds. The third-order valence-corrected chi connectivity index (χ3v) is 4.68. The summed E-state index contributed by atoms with van der Waals surface area (Å²) in [7, 11) is 0. The summed E-state index contributed by atoms with van der Waals surface area (Å²) in [6, 6.07) is 1.78. The fraction of sp³-hybridized carbons (Fsp3) is 0.706. The Hall–Kier alpha value is -1.00. The van der Waals surface area contributed by atoms with Gasteiger partial charge in [0.15, 0.2) is 0 Å². The maximum atomic E-state index is 14.3. The summed E-state index contributed by atoms with van der Waals surface area (Å²) in [5.41, 5.74) is 0.643. The van der Waals surface area contributed by atoms with Gasteiger partial charge in [-0.2, -0.15) is 0 Å². The van der Waals surface area contributed by atoms with Crippen LogP contribution in [0.15, 0.2) is 18.5 Å². The van der Waals surface area contributed by atoms with Crippen molar-refractivity contribution in [2.75, 3.05) is 19.6 Å². The molecule has 1 unspecified atom stereocenters. The Kier molecular flexibility index (Phi) is 7.26. The highest BCUT2D eigenvalue weighted by molar-refractivity contribution is 5.23. The third-order valence-electron chi connectivity index (χ3n) is 4.68. The van der Waals surface area contributed by atoms with Gasteiger partial charge in [-0.1, -0.05) is 34.6 Å². The predicted molar refractivity (Wildman–Crippen MR) is 86.8 cm³/mol. The summed E-state index contributed by atoms with van der Waals surface area (Å²) in [5.74, 6) is -0.220. The van der Waals surface area contributed by atoms with Crippen LogP contribution in [0, 0.1) is 5.82 Å². The van der Waals surface area contributed by atoms with Gasteiger partial charge in [0.05, 0.1) is 12.2 Å². The highest BCUT2D eigenvalue weighted by atomic mass is 19.1. The molecular weight excluding hydrogens is 265 g/mol. The van der Waals surface area contributed by atoms with Crippen LogP contribution in [-0.4, -0.2) is 35.1 Å². The molecule has 3 nitrogen and oxygen atoms in total. The number of nitrogens with zero attached hydrogens (tertiary/aromatic N) is 2. The number of rotatable bonds is 9. The molecule has 0 saturated heterocycles. The SMILES string of the molecule is CCNC(c1ccncc1F)C(CC)(CC)N(CC)CC. The monoisotopic (exact) mass is 295 g/mol. The average molecular weight is 295 g/mol. The second-order valence-corrected chi connectivity index (χ2v) is 5.37. The number of hydrogen-bond donors (Lipinski definition) is 1. The standard InChI is InChI=1S/C17H30FN3/c1-6-17(7-2,21(9-4)10-5)16(20-8-3)14-11-12-19-13-15(14)18/h11-13,16,20H,6-10H2,1-5H3. The van der Waals surface area contributed by atoms with Crippen LogP contribution in [0.25, 0.3) is 0 Å². The average Bonchev–Trinajstić information content (AvgIpc) is 2.52. The summed E-state index contributed by atoms with van der Waals surface area (Å²) in [6.45, 7) is 13.6. The van der Waals surface area contributed by atoms with Crippen molar-refractivity contribution in [2.45, 2.75) is 59.0 Å². The van der Waals surface area contributed by atoms with E-state index in [1.807, 2.05) is 6.07 Å². The molecule has 1 atom stereocenters. The molecule has 0 spiro atoms. The summed E-state index contributed by atoms with van der Waals surface area (Å²) in [6.07, 6.45) is 4.95. The van der Waals surface area contributed by atoms with Gasteiger partial charge in [-0.3, -0.25) is 9.88 Å². The quantitative estimate of drug-likeness (QED) is 0.751. The van der Waals surface area contributed by atoms with Gasteiger partial charge in [0, 0.05) is 17.3 Å². The third kappa shape index (κ3) is 3.61. The van der Waals surface area contributed by atoms with E-state index in [4.69, 9.17) is 0 Å². The van der Waals surface area contributed by atoms with Gasteiger partial charge in [0.2, 0.25) is 0 Å². The van der Waals surface area contributed by atoms with E-state index in [0.29, 0.717) is 0 Å². The molecule has 0 aliphatic rings. The number of halogens is 1. The van der Waals surface area contributed by atoms with Crippen LogP contribution in [0.4, 0.5) is 4.39 Å². The predicted octanol–water partition coefficient (Wildman–Crippen LogP) is 3.77. The van der Waals surface area contributed by atoms with Crippen molar-refractivity contribution in [1.82, 2.24) is 15.2 Å². The first kappa shape index (κ1) is 18.1. The Bertz CT molecular complexity index is 414. The normalized spacial score (nSPS) is 13.7. The molecule has 0 aromatic carbocycles. The lowest BCUT2D eigenvalue weighted by Gasteiger charge is -2.48. The maximum absolute atomic E-state index is 14.3. The van der Waals surface area contributed by atoms with Crippen molar-refractivity contribution in [2.24, 2.45) is 0 Å². The second-order valence-electron chi connectivity index (χ2n) is 5.37. The molecule has 4 heteroatoms. The van der Waals surface area contributed by atoms with E-state index in [0.717, 1.165) is 38.0 Å². The van der Waals surface area contributed by atoms with Crippen LogP contribution >= 0.6 is 0 Å². The van der Waals surface area contributed by atoms with Crippen molar-refractivity contribution in [3.05, 3.63) is 29.8 Å². The molecule has 120 valence electrons. The van der Waals surface area contributed by atoms with Crippen LogP contribution in [0.1, 0.15) is 59.1 Å². The minimum atomic E-state index is -0.220. The van der Waals surface area contributed by atoms with E-state index >= 15 is 0 Å². The van der Waals surface area contributed by atoms with Gasteiger partial charge in [-0.15, -0.1) is 0 Å². The van der Waals surface area contributed by atoms with Crippen molar-refractivity contribution in [3.8, 4) is 0 Å². The maximum Gasteiger partial charge on any atom is 0.146 e. The van der Waals surface area contributed by atoms with Gasteiger partial charge in [0.25, 0.3) is 0 Å². The van der Waals surface area contributed by atoms with Gasteiger partial charge in [0.1, 0.15) is 5.82 Å². The van der Waals surface area contributed by atoms with Gasteiger partial charge >= 0.3 is 0 Å². The zero-order valence-corrected chi connectivity index (χ0v) is 14.1. The largest absolute Gasteiger partial charge is 0.309 e. The highest BCUT2D eigenvalue weighted by Crippen LogP contribution is 2.38. The molecule has 1 aromatic rings. The van der Waals surface area contributed by atoms with Crippen molar-refractivity contribution >= 4 is 0 Å². The van der Waals surface area contributed by atoms with E-state index in [2.05, 4.69) is 49.8 Å². The highest BCUT2D eigenvalue weighted by Gasteiger charge is 2.41. The molecule has 0 aliphatic carbocycles. The fourth-order valence-corrected chi connectivity index (χ4v) is 3.56. The lowest BCUT2D eigenvalue weighted by molar-refractivity contribution is 0.0480. The van der Waals surface area contributed by atoms with Gasteiger partial charge < -0.3 is 5.32 Å². The molecule has 0 fully saturated rings. The van der Waals surface area contributed by atoms with Crippen molar-refractivity contribution in [3.63, 3.8) is 0 Å². The molecule has 21 heavy (non-hydrogen) atoms. The Morgan fingerprint density at radius 2 is 1.81 bits per heavy atom. The molecule has 1 aromatic heterocycles. The molecule has 0 aliphatic heterocycles. The van der Waals surface area contributed by atoms with Crippen LogP contribution < -0.4 is 5.32 Å². The van der Waals surface area contributed by atoms with Crippen molar-refractivity contribution in [1.29, 1.82) is 0 Å². The topological polar surface area (TPSA) is 28.2 Å². The minimum absolute atomic E-state index is 0.0274. The van der Waals surface area contributed by atoms with E-state index in [9.17, 15) is 4.39 Å². The van der Waals surface area contributed by atoms with Crippen LogP contribution in [0.5, 0.6) is 0 Å². The molecular formula is C17H30FN3. The number of nitrogens with one attached hydrogen (secondary N) is 1. The molecule has 1 N–H and O–H groups in total. The van der Waals surface area contributed by atoms with E-state index < -0.39 is 0 Å². The first-order valence-corrected chi connectivity index (χ1v) is 8.18. The number of pyridine rings is 1. The Morgan fingerprint density at radius 1 is 1.19 bits per heavy atom. The lowest BCUT2D eigenvalue weighted by Crippen LogP contribution is -2.56. The number of aromatic nitrogens is 1. The summed E-state index contributed by atoms with van der Waals surface area (Å²) in [4.78, 5) is 6.35.